The van der Waals surface area contributed by atoms with E-state index in [4.69, 9.17) is 10.5 Å². The van der Waals surface area contributed by atoms with Gasteiger partial charge < -0.3 is 26.0 Å². The van der Waals surface area contributed by atoms with Crippen LogP contribution in [0, 0.1) is 0 Å². The van der Waals surface area contributed by atoms with Gasteiger partial charge in [0.05, 0.1) is 11.3 Å². The number of nitrogens with two attached hydrogens (primary N) is 1. The van der Waals surface area contributed by atoms with E-state index in [-0.39, 0.29) is 5.95 Å². The highest BCUT2D eigenvalue weighted by atomic mass is 16.5. The Morgan fingerprint density at radius 1 is 0.947 bits per heavy atom. The number of nitrogens with one attached hydrogen (secondary N) is 2. The maximum atomic E-state index is 6.09. The van der Waals surface area contributed by atoms with E-state index in [0.717, 1.165) is 47.5 Å². The summed E-state index contributed by atoms with van der Waals surface area (Å²) in [7, 11) is 0. The van der Waals surface area contributed by atoms with Crippen LogP contribution in [0.5, 0.6) is 11.6 Å². The largest absolute Gasteiger partial charge is 0.438 e. The van der Waals surface area contributed by atoms with Crippen molar-refractivity contribution in [2.24, 2.45) is 0 Å². The smallest absolute Gasteiger partial charge is 0.228 e. The number of ether oxygens (including phenoxy) is 1. The van der Waals surface area contributed by atoms with Crippen LogP contribution in [-0.2, 0) is 0 Å². The lowest BCUT2D eigenvalue weighted by molar-refractivity contribution is 0.465. The van der Waals surface area contributed by atoms with E-state index in [2.05, 4.69) is 59.7 Å². The van der Waals surface area contributed by atoms with Gasteiger partial charge in [0.1, 0.15) is 5.75 Å². The molecule has 0 saturated carbocycles. The van der Waals surface area contributed by atoms with Crippen LogP contribution in [0.4, 0.5) is 23.3 Å². The number of hydrogen-bond donors (Lipinski definition) is 3. The third kappa shape index (κ3) is 4.89. The number of pyridine rings is 1. The molecule has 1 saturated heterocycles. The van der Waals surface area contributed by atoms with Crippen LogP contribution < -0.4 is 26.0 Å². The minimum Gasteiger partial charge on any atom is -0.438 e. The number of benzene rings is 2. The Hall–Kier alpha value is -4.83. The van der Waals surface area contributed by atoms with Gasteiger partial charge in [-0.1, -0.05) is 24.3 Å². The zero-order valence-electron chi connectivity index (χ0n) is 20.9. The Morgan fingerprint density at radius 2 is 1.79 bits per heavy atom. The van der Waals surface area contributed by atoms with Crippen LogP contribution in [0.25, 0.3) is 22.0 Å². The van der Waals surface area contributed by atoms with Crippen molar-refractivity contribution < 1.29 is 4.74 Å². The fourth-order valence-corrected chi connectivity index (χ4v) is 4.59. The predicted octanol–water partition coefficient (Wildman–Crippen LogP) is 4.40. The molecule has 5 aromatic rings. The zero-order valence-corrected chi connectivity index (χ0v) is 20.9. The Balaban J connectivity index is 1.23. The Morgan fingerprint density at radius 3 is 2.61 bits per heavy atom. The van der Waals surface area contributed by atoms with E-state index in [1.807, 2.05) is 48.5 Å². The summed E-state index contributed by atoms with van der Waals surface area (Å²) >= 11 is 0. The molecule has 0 radical (unpaired) electrons. The van der Waals surface area contributed by atoms with Gasteiger partial charge in [-0.15, -0.1) is 10.2 Å². The molecular formula is C28H27N9O. The van der Waals surface area contributed by atoms with Crippen LogP contribution in [-0.4, -0.2) is 50.8 Å². The quantitative estimate of drug-likeness (QED) is 0.306. The summed E-state index contributed by atoms with van der Waals surface area (Å²) in [6.45, 7) is 4.92. The first kappa shape index (κ1) is 23.6. The molecule has 10 nitrogen and oxygen atoms in total. The summed E-state index contributed by atoms with van der Waals surface area (Å²) in [5.41, 5.74) is 7.99. The van der Waals surface area contributed by atoms with Crippen LogP contribution in [0.2, 0.25) is 0 Å². The van der Waals surface area contributed by atoms with E-state index in [1.54, 1.807) is 18.5 Å². The number of aromatic nitrogens is 5. The number of piperazine rings is 1. The molecule has 0 aliphatic carbocycles. The van der Waals surface area contributed by atoms with Gasteiger partial charge in [-0.25, -0.2) is 15.0 Å². The van der Waals surface area contributed by atoms with Gasteiger partial charge in [0, 0.05) is 54.5 Å². The molecule has 0 spiro atoms. The average molecular weight is 506 g/mol. The molecule has 190 valence electrons. The molecule has 3 aromatic heterocycles. The van der Waals surface area contributed by atoms with Crippen molar-refractivity contribution in [3.63, 3.8) is 0 Å². The molecule has 1 aliphatic rings. The molecular weight excluding hydrogens is 478 g/mol. The highest BCUT2D eigenvalue weighted by Crippen LogP contribution is 2.33. The second-order valence-corrected chi connectivity index (χ2v) is 9.13. The molecule has 1 fully saturated rings. The second-order valence-electron chi connectivity index (χ2n) is 9.13. The van der Waals surface area contributed by atoms with E-state index in [0.29, 0.717) is 29.2 Å². The Kier molecular flexibility index (Phi) is 6.37. The van der Waals surface area contributed by atoms with Crippen LogP contribution in [0.1, 0.15) is 6.92 Å². The predicted molar refractivity (Wildman–Crippen MR) is 149 cm³/mol. The molecule has 38 heavy (non-hydrogen) atoms. The van der Waals surface area contributed by atoms with Gasteiger partial charge in [-0.3, -0.25) is 0 Å². The van der Waals surface area contributed by atoms with Gasteiger partial charge in [-0.05, 0) is 49.4 Å². The normalized spacial score (nSPS) is 15.4. The van der Waals surface area contributed by atoms with E-state index >= 15 is 0 Å². The van der Waals surface area contributed by atoms with E-state index in [9.17, 15) is 0 Å². The fraction of sp³-hybridized carbons (Fsp3) is 0.179. The minimum absolute atomic E-state index is 0.193. The monoisotopic (exact) mass is 505 g/mol. The van der Waals surface area contributed by atoms with E-state index < -0.39 is 0 Å². The summed E-state index contributed by atoms with van der Waals surface area (Å²) in [6, 6.07) is 21.7. The third-order valence-electron chi connectivity index (χ3n) is 6.39. The summed E-state index contributed by atoms with van der Waals surface area (Å²) in [6.07, 6.45) is 3.28. The van der Waals surface area contributed by atoms with Gasteiger partial charge in [-0.2, -0.15) is 0 Å². The Bertz CT molecular complexity index is 1580. The molecule has 1 atom stereocenters. The first-order valence-electron chi connectivity index (χ1n) is 12.5. The van der Waals surface area contributed by atoms with Crippen molar-refractivity contribution in [1.82, 2.24) is 30.5 Å². The van der Waals surface area contributed by atoms with Gasteiger partial charge in [0.2, 0.25) is 11.8 Å². The summed E-state index contributed by atoms with van der Waals surface area (Å²) in [5, 5.41) is 18.2. The number of rotatable bonds is 6. The lowest BCUT2D eigenvalue weighted by atomic mass is 10.1. The van der Waals surface area contributed by atoms with Crippen molar-refractivity contribution in [3.8, 4) is 22.9 Å². The lowest BCUT2D eigenvalue weighted by Gasteiger charge is -2.33. The van der Waals surface area contributed by atoms with Gasteiger partial charge >= 0.3 is 0 Å². The number of nitrogen functional groups attached to an aromatic ring is 1. The summed E-state index contributed by atoms with van der Waals surface area (Å²) in [4.78, 5) is 14.9. The maximum absolute atomic E-state index is 6.09. The number of nitrogens with zero attached hydrogens (tertiary/aromatic N) is 6. The molecule has 6 rings (SSSR count). The van der Waals surface area contributed by atoms with Crippen LogP contribution in [0.15, 0.2) is 79.1 Å². The van der Waals surface area contributed by atoms with Crippen LogP contribution >= 0.6 is 0 Å². The van der Waals surface area contributed by atoms with Crippen molar-refractivity contribution in [2.75, 3.05) is 35.6 Å². The highest BCUT2D eigenvalue weighted by molar-refractivity contribution is 5.99. The van der Waals surface area contributed by atoms with Crippen molar-refractivity contribution in [3.05, 3.63) is 79.1 Å². The minimum atomic E-state index is 0.193. The SMILES string of the molecule is C[C@@H]1CN(c2nnc(Nc3ccc(Oc4ncccc4-c4ccnc(N)n4)cc3)c3ccccc23)CCN1. The highest BCUT2D eigenvalue weighted by Gasteiger charge is 2.20. The first-order chi connectivity index (χ1) is 18.6. The first-order valence-corrected chi connectivity index (χ1v) is 12.5. The second kappa shape index (κ2) is 10.3. The molecule has 4 heterocycles. The summed E-state index contributed by atoms with van der Waals surface area (Å²) < 4.78 is 6.09. The average Bonchev–Trinajstić information content (AvgIpc) is 2.94. The summed E-state index contributed by atoms with van der Waals surface area (Å²) in [5.74, 6) is 2.88. The fourth-order valence-electron chi connectivity index (χ4n) is 4.59. The van der Waals surface area contributed by atoms with Crippen molar-refractivity contribution in [2.45, 2.75) is 13.0 Å². The zero-order chi connectivity index (χ0) is 25.9. The molecule has 4 N–H and O–H groups in total. The van der Waals surface area contributed by atoms with Gasteiger partial charge in [0.25, 0.3) is 0 Å². The molecule has 2 aromatic carbocycles. The number of anilines is 4. The maximum Gasteiger partial charge on any atom is 0.228 e. The standard InChI is InChI=1S/C28H27N9O/c1-18-17-37(16-15-30-18)26-22-6-3-2-5-21(22)25(35-36-26)33-19-8-10-20(11-9-19)38-27-23(7-4-13-31-27)24-12-14-32-28(29)34-24/h2-14,18,30H,15-17H2,1H3,(H,33,35)(H2,29,32,34)/t18-/m1/s1. The number of fused-ring (bicyclic) bond motifs is 1. The third-order valence-corrected chi connectivity index (χ3v) is 6.39. The molecule has 0 bridgehead atoms. The molecule has 0 amide bonds. The van der Waals surface area contributed by atoms with Gasteiger partial charge in [0.15, 0.2) is 11.6 Å². The molecule has 1 aliphatic heterocycles. The Labute approximate surface area is 219 Å². The number of hydrogen-bond acceptors (Lipinski definition) is 10. The lowest BCUT2D eigenvalue weighted by Crippen LogP contribution is -2.49. The van der Waals surface area contributed by atoms with Crippen LogP contribution in [0.3, 0.4) is 0 Å². The topological polar surface area (TPSA) is 127 Å². The molecule has 10 heteroatoms. The van der Waals surface area contributed by atoms with Crippen molar-refractivity contribution in [1.29, 1.82) is 0 Å². The van der Waals surface area contributed by atoms with E-state index in [1.165, 1.54) is 0 Å². The van der Waals surface area contributed by atoms with Crippen molar-refractivity contribution >= 4 is 34.0 Å². The molecule has 0 unspecified atom stereocenters.